The molecule has 2 heterocycles. The van der Waals surface area contributed by atoms with Gasteiger partial charge in [-0.05, 0) is 38.7 Å². The molecule has 3 rings (SSSR count). The van der Waals surface area contributed by atoms with Crippen molar-refractivity contribution in [2.75, 3.05) is 6.61 Å². The van der Waals surface area contributed by atoms with Crippen molar-refractivity contribution in [2.24, 2.45) is 5.92 Å². The van der Waals surface area contributed by atoms with Gasteiger partial charge in [0.2, 0.25) is 6.29 Å². The third-order valence-corrected chi connectivity index (χ3v) is 5.77. The molecule has 2 saturated heterocycles. The summed E-state index contributed by atoms with van der Waals surface area (Å²) in [6.07, 6.45) is -2.28. The Morgan fingerprint density at radius 3 is 2.67 bits per heavy atom. The molecule has 0 bridgehead atoms. The first-order valence-corrected chi connectivity index (χ1v) is 10.0. The quantitative estimate of drug-likeness (QED) is 0.277. The number of esters is 2. The summed E-state index contributed by atoms with van der Waals surface area (Å²) >= 11 is 0. The van der Waals surface area contributed by atoms with E-state index in [1.165, 1.54) is 0 Å². The van der Waals surface area contributed by atoms with Crippen molar-refractivity contribution < 1.29 is 44.2 Å². The van der Waals surface area contributed by atoms with Crippen molar-refractivity contribution in [2.45, 2.75) is 69.4 Å². The topological polar surface area (TPSA) is 143 Å². The standard InChI is InChI=1S/C21H28O9/c1-10-4-3-5-12(6-7-13-11(2)19(26)28-14(13)8-10)20(27)30-21-18(25)17(24)16(23)15(9-22)29-21/h6,8,13-18,21-25H,2-5,7,9H2,1H3/b10-8-,12-6-/t13-,14+,15+,16+,17-,18+,21-/m0/s1. The molecule has 0 saturated carbocycles. The van der Waals surface area contributed by atoms with E-state index < -0.39 is 55.4 Å². The van der Waals surface area contributed by atoms with Crippen LogP contribution in [-0.2, 0) is 23.8 Å². The van der Waals surface area contributed by atoms with E-state index in [-0.39, 0.29) is 5.92 Å². The number of carbonyl (C=O) groups is 2. The lowest BCUT2D eigenvalue weighted by Crippen LogP contribution is -2.59. The zero-order valence-corrected chi connectivity index (χ0v) is 16.8. The first kappa shape index (κ1) is 22.6. The predicted molar refractivity (Wildman–Crippen MR) is 103 cm³/mol. The van der Waals surface area contributed by atoms with Gasteiger partial charge < -0.3 is 34.6 Å². The molecule has 0 unspecified atom stereocenters. The summed E-state index contributed by atoms with van der Waals surface area (Å²) in [5.41, 5.74) is 1.73. The summed E-state index contributed by atoms with van der Waals surface area (Å²) in [5.74, 6) is -1.48. The average Bonchev–Trinajstić information content (AvgIpc) is 2.97. The monoisotopic (exact) mass is 424 g/mol. The third kappa shape index (κ3) is 4.65. The van der Waals surface area contributed by atoms with Crippen LogP contribution in [0.15, 0.2) is 35.5 Å². The van der Waals surface area contributed by atoms with Gasteiger partial charge in [0.1, 0.15) is 30.5 Å². The highest BCUT2D eigenvalue weighted by molar-refractivity contribution is 5.91. The Labute approximate surface area is 174 Å². The van der Waals surface area contributed by atoms with Gasteiger partial charge in [-0.25, -0.2) is 9.59 Å². The van der Waals surface area contributed by atoms with Gasteiger partial charge in [0.05, 0.1) is 6.61 Å². The van der Waals surface area contributed by atoms with Crippen LogP contribution in [0.1, 0.15) is 32.6 Å². The van der Waals surface area contributed by atoms with E-state index in [1.807, 2.05) is 13.0 Å². The van der Waals surface area contributed by atoms with Crippen LogP contribution >= 0.6 is 0 Å². The van der Waals surface area contributed by atoms with Crippen molar-refractivity contribution in [3.63, 3.8) is 0 Å². The van der Waals surface area contributed by atoms with Gasteiger partial charge in [0.15, 0.2) is 0 Å². The van der Waals surface area contributed by atoms with Crippen LogP contribution in [0.5, 0.6) is 0 Å². The van der Waals surface area contributed by atoms with Crippen molar-refractivity contribution in [1.29, 1.82) is 0 Å². The number of carbonyl (C=O) groups excluding carboxylic acids is 2. The Balaban J connectivity index is 1.74. The van der Waals surface area contributed by atoms with Crippen molar-refractivity contribution in [3.05, 3.63) is 35.5 Å². The molecule has 7 atom stereocenters. The Hall–Kier alpha value is -2.04. The highest BCUT2D eigenvalue weighted by atomic mass is 16.7. The molecule has 9 heteroatoms. The molecule has 2 fully saturated rings. The molecule has 0 spiro atoms. The number of ether oxygens (including phenoxy) is 3. The number of allylic oxidation sites excluding steroid dienone is 2. The molecule has 0 aromatic rings. The first-order chi connectivity index (χ1) is 14.2. The largest absolute Gasteiger partial charge is 0.454 e. The van der Waals surface area contributed by atoms with Crippen LogP contribution in [-0.4, -0.2) is 75.8 Å². The minimum Gasteiger partial charge on any atom is -0.454 e. The Kier molecular flexibility index (Phi) is 7.10. The highest BCUT2D eigenvalue weighted by Gasteiger charge is 2.45. The van der Waals surface area contributed by atoms with Crippen LogP contribution in [0.25, 0.3) is 0 Å². The lowest BCUT2D eigenvalue weighted by molar-refractivity contribution is -0.291. The first-order valence-electron chi connectivity index (χ1n) is 10.0. The van der Waals surface area contributed by atoms with E-state index in [9.17, 15) is 30.0 Å². The second kappa shape index (κ2) is 9.40. The molecule has 1 aliphatic carbocycles. The lowest BCUT2D eigenvalue weighted by Gasteiger charge is -2.39. The van der Waals surface area contributed by atoms with Gasteiger partial charge in [0, 0.05) is 17.1 Å². The number of aliphatic hydroxyl groups excluding tert-OH is 4. The normalized spacial score (nSPS) is 41.0. The highest BCUT2D eigenvalue weighted by Crippen LogP contribution is 2.33. The lowest BCUT2D eigenvalue weighted by atomic mass is 9.89. The SMILES string of the molecule is C=C1C(=O)O[C@@H]2/C=C(/C)CCC/C(C(=O)O[C@@H]3O[C@H](CO)[C@@H](O)[C@H](O)[C@H]3O)=C/C[C@@H]12. The molecule has 30 heavy (non-hydrogen) atoms. The summed E-state index contributed by atoms with van der Waals surface area (Å²) in [4.78, 5) is 24.7. The Morgan fingerprint density at radius 2 is 1.97 bits per heavy atom. The number of fused-ring (bicyclic) bond motifs is 1. The molecule has 2 aliphatic heterocycles. The molecular weight excluding hydrogens is 396 g/mol. The summed E-state index contributed by atoms with van der Waals surface area (Å²) in [5, 5.41) is 39.1. The Morgan fingerprint density at radius 1 is 1.23 bits per heavy atom. The summed E-state index contributed by atoms with van der Waals surface area (Å²) < 4.78 is 15.9. The maximum Gasteiger partial charge on any atom is 0.336 e. The van der Waals surface area contributed by atoms with Crippen molar-refractivity contribution in [1.82, 2.24) is 0 Å². The van der Waals surface area contributed by atoms with Gasteiger partial charge in [-0.3, -0.25) is 0 Å². The maximum atomic E-state index is 12.8. The Bertz CT molecular complexity index is 754. The molecule has 0 amide bonds. The van der Waals surface area contributed by atoms with E-state index in [2.05, 4.69) is 6.58 Å². The van der Waals surface area contributed by atoms with Crippen LogP contribution in [0.4, 0.5) is 0 Å². The fraction of sp³-hybridized carbons (Fsp3) is 0.619. The van der Waals surface area contributed by atoms with Crippen LogP contribution in [0, 0.1) is 5.92 Å². The molecule has 3 aliphatic rings. The predicted octanol–water partition coefficient (Wildman–Crippen LogP) is -0.126. The molecule has 166 valence electrons. The number of hydrogen-bond donors (Lipinski definition) is 4. The smallest absolute Gasteiger partial charge is 0.336 e. The van der Waals surface area contributed by atoms with E-state index in [4.69, 9.17) is 14.2 Å². The fourth-order valence-electron chi connectivity index (χ4n) is 3.88. The van der Waals surface area contributed by atoms with Gasteiger partial charge in [-0.15, -0.1) is 0 Å². The van der Waals surface area contributed by atoms with Gasteiger partial charge in [-0.1, -0.05) is 18.2 Å². The maximum absolute atomic E-state index is 12.8. The van der Waals surface area contributed by atoms with Crippen LogP contribution in [0.3, 0.4) is 0 Å². The van der Waals surface area contributed by atoms with Crippen LogP contribution < -0.4 is 0 Å². The molecule has 9 nitrogen and oxygen atoms in total. The second-order valence-corrected chi connectivity index (χ2v) is 7.94. The zero-order valence-electron chi connectivity index (χ0n) is 16.8. The zero-order chi connectivity index (χ0) is 22.0. The second-order valence-electron chi connectivity index (χ2n) is 7.94. The van der Waals surface area contributed by atoms with Gasteiger partial charge in [-0.2, -0.15) is 0 Å². The van der Waals surface area contributed by atoms with E-state index in [0.717, 1.165) is 5.57 Å². The van der Waals surface area contributed by atoms with E-state index in [0.29, 0.717) is 36.8 Å². The van der Waals surface area contributed by atoms with Gasteiger partial charge in [0.25, 0.3) is 0 Å². The minimum absolute atomic E-state index is 0.291. The van der Waals surface area contributed by atoms with Crippen molar-refractivity contribution in [3.8, 4) is 0 Å². The molecule has 4 N–H and O–H groups in total. The van der Waals surface area contributed by atoms with E-state index in [1.54, 1.807) is 6.08 Å². The number of aliphatic hydroxyl groups is 4. The third-order valence-electron chi connectivity index (χ3n) is 5.77. The molecule has 0 aromatic carbocycles. The molecule has 0 aromatic heterocycles. The summed E-state index contributed by atoms with van der Waals surface area (Å²) in [6.45, 7) is 5.12. The number of hydrogen-bond acceptors (Lipinski definition) is 9. The fourth-order valence-corrected chi connectivity index (χ4v) is 3.88. The molecule has 0 radical (unpaired) electrons. The molecular formula is C21H28O9. The van der Waals surface area contributed by atoms with Crippen molar-refractivity contribution >= 4 is 11.9 Å². The average molecular weight is 424 g/mol. The summed E-state index contributed by atoms with van der Waals surface area (Å²) in [7, 11) is 0. The summed E-state index contributed by atoms with van der Waals surface area (Å²) in [6, 6.07) is 0. The van der Waals surface area contributed by atoms with Gasteiger partial charge >= 0.3 is 11.9 Å². The number of rotatable bonds is 3. The van der Waals surface area contributed by atoms with Crippen LogP contribution in [0.2, 0.25) is 0 Å². The minimum atomic E-state index is -1.66. The van der Waals surface area contributed by atoms with E-state index >= 15 is 0 Å².